The fourth-order valence-corrected chi connectivity index (χ4v) is 3.16. The average Bonchev–Trinajstić information content (AvgIpc) is 2.62. The number of hydrogen-bond donors (Lipinski definition) is 1. The van der Waals surface area contributed by atoms with Gasteiger partial charge in [0.15, 0.2) is 0 Å². The number of halogens is 2. The molecule has 0 amide bonds. The molecule has 7 heteroatoms. The molecular weight excluding hydrogens is 380 g/mol. The summed E-state index contributed by atoms with van der Waals surface area (Å²) in [5, 5.41) is 0. The van der Waals surface area contributed by atoms with E-state index in [-0.39, 0.29) is 11.9 Å². The molecule has 0 bridgehead atoms. The van der Waals surface area contributed by atoms with Crippen LogP contribution in [0.3, 0.4) is 0 Å². The molecule has 0 aliphatic carbocycles. The Labute approximate surface area is 127 Å². The van der Waals surface area contributed by atoms with Gasteiger partial charge in [0, 0.05) is 34.9 Å². The molecule has 4 nitrogen and oxygen atoms in total. The summed E-state index contributed by atoms with van der Waals surface area (Å²) in [6.07, 6.45) is 2.39. The van der Waals surface area contributed by atoms with Crippen molar-refractivity contribution in [2.45, 2.75) is 19.4 Å². The Morgan fingerprint density at radius 1 is 1.58 bits per heavy atom. The summed E-state index contributed by atoms with van der Waals surface area (Å²) in [6.45, 7) is 1.97. The van der Waals surface area contributed by atoms with Gasteiger partial charge < -0.3 is 10.3 Å². The Bertz CT molecular complexity index is 643. The molecule has 0 saturated heterocycles. The highest BCUT2D eigenvalue weighted by Gasteiger charge is 2.16. The number of imidazole rings is 1. The van der Waals surface area contributed by atoms with E-state index in [4.69, 9.17) is 5.73 Å². The van der Waals surface area contributed by atoms with Crippen molar-refractivity contribution in [3.8, 4) is 0 Å². The zero-order valence-corrected chi connectivity index (χ0v) is 13.7. The summed E-state index contributed by atoms with van der Waals surface area (Å²) in [6, 6.07) is 3.18. The highest BCUT2D eigenvalue weighted by atomic mass is 127. The third-order valence-corrected chi connectivity index (χ3v) is 4.66. The number of anilines is 1. The first-order chi connectivity index (χ1) is 8.90. The summed E-state index contributed by atoms with van der Waals surface area (Å²) >= 11 is 1.93. The van der Waals surface area contributed by atoms with Crippen LogP contribution in [0.4, 0.5) is 10.3 Å². The maximum atomic E-state index is 13.7. The highest BCUT2D eigenvalue weighted by Crippen LogP contribution is 2.27. The van der Waals surface area contributed by atoms with Gasteiger partial charge in [-0.05, 0) is 42.0 Å². The first kappa shape index (κ1) is 14.7. The molecular formula is C12H15FIN3OS. The molecule has 2 aromatic rings. The van der Waals surface area contributed by atoms with Gasteiger partial charge in [0.25, 0.3) is 0 Å². The van der Waals surface area contributed by atoms with Gasteiger partial charge in [0.1, 0.15) is 5.82 Å². The lowest BCUT2D eigenvalue weighted by atomic mass is 10.2. The quantitative estimate of drug-likeness (QED) is 0.810. The number of benzene rings is 1. The van der Waals surface area contributed by atoms with Crippen LogP contribution >= 0.6 is 22.6 Å². The van der Waals surface area contributed by atoms with Gasteiger partial charge >= 0.3 is 0 Å². The molecule has 0 aliphatic heterocycles. The predicted octanol–water partition coefficient (Wildman–Crippen LogP) is 2.69. The Morgan fingerprint density at radius 3 is 2.89 bits per heavy atom. The van der Waals surface area contributed by atoms with Crippen molar-refractivity contribution in [3.05, 3.63) is 21.5 Å². The van der Waals surface area contributed by atoms with Crippen LogP contribution in [0.25, 0.3) is 11.0 Å². The lowest BCUT2D eigenvalue weighted by Crippen LogP contribution is -2.11. The number of nitrogens with zero attached hydrogens (tertiary/aromatic N) is 2. The predicted molar refractivity (Wildman–Crippen MR) is 85.1 cm³/mol. The minimum Gasteiger partial charge on any atom is -0.369 e. The first-order valence-electron chi connectivity index (χ1n) is 5.82. The molecule has 1 aromatic carbocycles. The van der Waals surface area contributed by atoms with Crippen LogP contribution in [0.5, 0.6) is 0 Å². The maximum Gasteiger partial charge on any atom is 0.201 e. The van der Waals surface area contributed by atoms with E-state index in [2.05, 4.69) is 4.98 Å². The van der Waals surface area contributed by atoms with Crippen molar-refractivity contribution in [2.75, 3.05) is 17.7 Å². The van der Waals surface area contributed by atoms with Crippen molar-refractivity contribution < 1.29 is 8.60 Å². The van der Waals surface area contributed by atoms with Gasteiger partial charge in [-0.25, -0.2) is 9.37 Å². The van der Waals surface area contributed by atoms with Crippen LogP contribution in [0.2, 0.25) is 0 Å². The molecule has 0 spiro atoms. The standard InChI is InChI=1S/C12H15FIN3OS/c1-7(3-4-19(2)18)17-11-5-8(13)9(14)6-10(11)16-12(17)15/h5-7H,3-4H2,1-2H3,(H2,15,16). The van der Waals surface area contributed by atoms with Gasteiger partial charge in [-0.2, -0.15) is 0 Å². The number of aromatic nitrogens is 2. The molecule has 19 heavy (non-hydrogen) atoms. The summed E-state index contributed by atoms with van der Waals surface area (Å²) in [5.41, 5.74) is 7.28. The molecule has 104 valence electrons. The minimum atomic E-state index is -0.846. The van der Waals surface area contributed by atoms with Gasteiger partial charge in [-0.15, -0.1) is 0 Å². The second-order valence-electron chi connectivity index (χ2n) is 4.51. The van der Waals surface area contributed by atoms with E-state index in [1.165, 1.54) is 6.07 Å². The second kappa shape index (κ2) is 5.74. The van der Waals surface area contributed by atoms with E-state index in [1.54, 1.807) is 16.9 Å². The van der Waals surface area contributed by atoms with Crippen molar-refractivity contribution >= 4 is 50.4 Å². The maximum absolute atomic E-state index is 13.7. The Kier molecular flexibility index (Phi) is 4.44. The van der Waals surface area contributed by atoms with Crippen LogP contribution in [-0.2, 0) is 10.8 Å². The third-order valence-electron chi connectivity index (χ3n) is 3.02. The fourth-order valence-electron chi connectivity index (χ4n) is 2.04. The Morgan fingerprint density at radius 2 is 2.26 bits per heavy atom. The molecule has 0 saturated carbocycles. The largest absolute Gasteiger partial charge is 0.369 e. The van der Waals surface area contributed by atoms with Crippen molar-refractivity contribution in [1.29, 1.82) is 0 Å². The Balaban J connectivity index is 2.44. The minimum absolute atomic E-state index is 0.0355. The van der Waals surface area contributed by atoms with Crippen LogP contribution < -0.4 is 5.73 Å². The lowest BCUT2D eigenvalue weighted by molar-refractivity contribution is 0.550. The van der Waals surface area contributed by atoms with E-state index in [0.717, 1.165) is 0 Å². The number of rotatable bonds is 4. The van der Waals surface area contributed by atoms with Gasteiger partial charge in [0.2, 0.25) is 5.95 Å². The normalized spacial score (nSPS) is 14.7. The van der Waals surface area contributed by atoms with E-state index in [0.29, 0.717) is 32.7 Å². The third kappa shape index (κ3) is 3.07. The Hall–Kier alpha value is -0.700. The number of nitrogens with two attached hydrogens (primary N) is 1. The second-order valence-corrected chi connectivity index (χ2v) is 7.23. The van der Waals surface area contributed by atoms with Crippen molar-refractivity contribution in [1.82, 2.24) is 9.55 Å². The highest BCUT2D eigenvalue weighted by molar-refractivity contribution is 14.1. The number of nitrogen functional groups attached to an aromatic ring is 1. The van der Waals surface area contributed by atoms with Crippen LogP contribution in [0.15, 0.2) is 12.1 Å². The molecule has 0 aliphatic rings. The lowest BCUT2D eigenvalue weighted by Gasteiger charge is -2.15. The van der Waals surface area contributed by atoms with Crippen LogP contribution in [0, 0.1) is 9.39 Å². The van der Waals surface area contributed by atoms with Crippen molar-refractivity contribution in [3.63, 3.8) is 0 Å². The number of hydrogen-bond acceptors (Lipinski definition) is 3. The molecule has 1 aromatic heterocycles. The molecule has 2 atom stereocenters. The van der Waals surface area contributed by atoms with E-state index in [1.807, 2.05) is 29.5 Å². The number of fused-ring (bicyclic) bond motifs is 1. The zero-order valence-electron chi connectivity index (χ0n) is 10.7. The molecule has 2 rings (SSSR count). The first-order valence-corrected chi connectivity index (χ1v) is 8.63. The van der Waals surface area contributed by atoms with Gasteiger partial charge in [0.05, 0.1) is 14.6 Å². The molecule has 1 heterocycles. The summed E-state index contributed by atoms with van der Waals surface area (Å²) in [7, 11) is -0.846. The monoisotopic (exact) mass is 395 g/mol. The fraction of sp³-hybridized carbons (Fsp3) is 0.417. The zero-order chi connectivity index (χ0) is 14.2. The van der Waals surface area contributed by atoms with E-state index >= 15 is 0 Å². The summed E-state index contributed by atoms with van der Waals surface area (Å²) in [5.74, 6) is 0.680. The summed E-state index contributed by atoms with van der Waals surface area (Å²) < 4.78 is 27.2. The van der Waals surface area contributed by atoms with Crippen LogP contribution in [0.1, 0.15) is 19.4 Å². The van der Waals surface area contributed by atoms with E-state index in [9.17, 15) is 8.60 Å². The van der Waals surface area contributed by atoms with Gasteiger partial charge in [-0.3, -0.25) is 4.21 Å². The van der Waals surface area contributed by atoms with Crippen molar-refractivity contribution in [2.24, 2.45) is 0 Å². The summed E-state index contributed by atoms with van der Waals surface area (Å²) in [4.78, 5) is 4.26. The molecule has 0 radical (unpaired) electrons. The molecule has 2 N–H and O–H groups in total. The van der Waals surface area contributed by atoms with E-state index < -0.39 is 10.8 Å². The smallest absolute Gasteiger partial charge is 0.201 e. The SMILES string of the molecule is CC(CCS(C)=O)n1c(N)nc2cc(I)c(F)cc21. The molecule has 2 unspecified atom stereocenters. The topological polar surface area (TPSA) is 60.9 Å². The molecule has 0 fully saturated rings. The van der Waals surface area contributed by atoms with Crippen LogP contribution in [-0.4, -0.2) is 25.8 Å². The average molecular weight is 395 g/mol. The van der Waals surface area contributed by atoms with Gasteiger partial charge in [-0.1, -0.05) is 0 Å².